The van der Waals surface area contributed by atoms with Crippen molar-refractivity contribution in [1.82, 2.24) is 15.1 Å². The SMILES string of the molecule is O=C1CC(C(=O)Nc2ccc(-n3cccn3)cc2)CN1. The Hall–Kier alpha value is -2.63. The molecule has 1 aromatic heterocycles. The maximum absolute atomic E-state index is 12.0. The Morgan fingerprint density at radius 1 is 1.35 bits per heavy atom. The highest BCUT2D eigenvalue weighted by Crippen LogP contribution is 2.16. The van der Waals surface area contributed by atoms with Crippen LogP contribution in [0.2, 0.25) is 0 Å². The largest absolute Gasteiger partial charge is 0.355 e. The first-order valence-electron chi connectivity index (χ1n) is 6.40. The molecule has 1 saturated heterocycles. The first kappa shape index (κ1) is 12.4. The smallest absolute Gasteiger partial charge is 0.229 e. The molecule has 6 nitrogen and oxygen atoms in total. The van der Waals surface area contributed by atoms with Gasteiger partial charge in [0.1, 0.15) is 0 Å². The number of benzene rings is 1. The Kier molecular flexibility index (Phi) is 3.20. The molecule has 0 aliphatic carbocycles. The van der Waals surface area contributed by atoms with Crippen molar-refractivity contribution in [1.29, 1.82) is 0 Å². The zero-order valence-corrected chi connectivity index (χ0v) is 10.7. The molecule has 1 unspecified atom stereocenters. The number of carbonyl (C=O) groups excluding carboxylic acids is 2. The summed E-state index contributed by atoms with van der Waals surface area (Å²) in [5.41, 5.74) is 1.64. The molecule has 0 radical (unpaired) electrons. The third kappa shape index (κ3) is 2.54. The number of hydrogen-bond acceptors (Lipinski definition) is 3. The average molecular weight is 270 g/mol. The first-order chi connectivity index (χ1) is 9.72. The molecule has 1 aliphatic heterocycles. The molecule has 0 saturated carbocycles. The Morgan fingerprint density at radius 3 is 2.75 bits per heavy atom. The highest BCUT2D eigenvalue weighted by Gasteiger charge is 2.27. The number of anilines is 1. The lowest BCUT2D eigenvalue weighted by Crippen LogP contribution is -2.24. The quantitative estimate of drug-likeness (QED) is 0.871. The standard InChI is InChI=1S/C14H14N4O2/c19-13-8-10(9-15-13)14(20)17-11-2-4-12(5-3-11)18-7-1-6-16-18/h1-7,10H,8-9H2,(H,15,19)(H,17,20). The number of rotatable bonds is 3. The summed E-state index contributed by atoms with van der Waals surface area (Å²) in [4.78, 5) is 23.0. The highest BCUT2D eigenvalue weighted by atomic mass is 16.2. The number of nitrogens with zero attached hydrogens (tertiary/aromatic N) is 2. The van der Waals surface area contributed by atoms with Crippen LogP contribution in [0, 0.1) is 5.92 Å². The maximum Gasteiger partial charge on any atom is 0.229 e. The topological polar surface area (TPSA) is 76.0 Å². The van der Waals surface area contributed by atoms with E-state index < -0.39 is 0 Å². The minimum absolute atomic E-state index is 0.0702. The van der Waals surface area contributed by atoms with Crippen LogP contribution in [0.15, 0.2) is 42.7 Å². The van der Waals surface area contributed by atoms with E-state index in [2.05, 4.69) is 15.7 Å². The molecular formula is C14H14N4O2. The molecule has 2 heterocycles. The lowest BCUT2D eigenvalue weighted by molar-refractivity contribution is -0.123. The van der Waals surface area contributed by atoms with Gasteiger partial charge in [0.25, 0.3) is 0 Å². The van der Waals surface area contributed by atoms with Crippen LogP contribution < -0.4 is 10.6 Å². The van der Waals surface area contributed by atoms with Crippen molar-refractivity contribution >= 4 is 17.5 Å². The summed E-state index contributed by atoms with van der Waals surface area (Å²) in [6.07, 6.45) is 3.82. The summed E-state index contributed by atoms with van der Waals surface area (Å²) < 4.78 is 1.74. The monoisotopic (exact) mass is 270 g/mol. The number of carbonyl (C=O) groups is 2. The Bertz CT molecular complexity index is 619. The zero-order chi connectivity index (χ0) is 13.9. The maximum atomic E-state index is 12.0. The van der Waals surface area contributed by atoms with E-state index in [1.807, 2.05) is 36.5 Å². The fourth-order valence-electron chi connectivity index (χ4n) is 2.15. The van der Waals surface area contributed by atoms with Gasteiger partial charge in [-0.25, -0.2) is 4.68 Å². The summed E-state index contributed by atoms with van der Waals surface area (Å²) in [5.74, 6) is -0.484. The summed E-state index contributed by atoms with van der Waals surface area (Å²) in [7, 11) is 0. The predicted octanol–water partition coefficient (Wildman–Crippen LogP) is 0.947. The molecular weight excluding hydrogens is 256 g/mol. The molecule has 1 aromatic carbocycles. The molecule has 20 heavy (non-hydrogen) atoms. The van der Waals surface area contributed by atoms with Crippen LogP contribution >= 0.6 is 0 Å². The van der Waals surface area contributed by atoms with Crippen molar-refractivity contribution in [2.45, 2.75) is 6.42 Å². The van der Waals surface area contributed by atoms with Gasteiger partial charge in [0.2, 0.25) is 11.8 Å². The summed E-state index contributed by atoms with van der Waals surface area (Å²) in [5, 5.41) is 9.60. The van der Waals surface area contributed by atoms with E-state index in [4.69, 9.17) is 0 Å². The number of amides is 2. The Morgan fingerprint density at radius 2 is 2.15 bits per heavy atom. The normalized spacial score (nSPS) is 17.8. The van der Waals surface area contributed by atoms with Crippen molar-refractivity contribution in [3.63, 3.8) is 0 Å². The fourth-order valence-corrected chi connectivity index (χ4v) is 2.15. The van der Waals surface area contributed by atoms with Gasteiger partial charge in [-0.05, 0) is 30.3 Å². The van der Waals surface area contributed by atoms with E-state index in [1.165, 1.54) is 0 Å². The molecule has 2 N–H and O–H groups in total. The van der Waals surface area contributed by atoms with Crippen molar-refractivity contribution in [3.8, 4) is 5.69 Å². The predicted molar refractivity (Wildman–Crippen MR) is 73.3 cm³/mol. The van der Waals surface area contributed by atoms with Crippen molar-refractivity contribution in [3.05, 3.63) is 42.7 Å². The van der Waals surface area contributed by atoms with E-state index in [0.29, 0.717) is 12.2 Å². The second-order valence-corrected chi connectivity index (χ2v) is 4.69. The van der Waals surface area contributed by atoms with Gasteiger partial charge in [0.05, 0.1) is 11.6 Å². The second-order valence-electron chi connectivity index (χ2n) is 4.69. The lowest BCUT2D eigenvalue weighted by Gasteiger charge is -2.09. The molecule has 2 amide bonds. The lowest BCUT2D eigenvalue weighted by atomic mass is 10.1. The second kappa shape index (κ2) is 5.16. The average Bonchev–Trinajstić information content (AvgIpc) is 3.10. The molecule has 0 bridgehead atoms. The third-order valence-corrected chi connectivity index (χ3v) is 3.25. The van der Waals surface area contributed by atoms with Gasteiger partial charge < -0.3 is 10.6 Å². The summed E-state index contributed by atoms with van der Waals surface area (Å²) in [6.45, 7) is 0.413. The van der Waals surface area contributed by atoms with Crippen LogP contribution in [0.4, 0.5) is 5.69 Å². The minimum Gasteiger partial charge on any atom is -0.355 e. The van der Waals surface area contributed by atoms with Gasteiger partial charge in [-0.2, -0.15) is 5.10 Å². The van der Waals surface area contributed by atoms with E-state index in [1.54, 1.807) is 10.9 Å². The number of hydrogen-bond donors (Lipinski definition) is 2. The van der Waals surface area contributed by atoms with E-state index in [-0.39, 0.29) is 24.2 Å². The molecule has 102 valence electrons. The molecule has 6 heteroatoms. The van der Waals surface area contributed by atoms with E-state index in [9.17, 15) is 9.59 Å². The van der Waals surface area contributed by atoms with E-state index >= 15 is 0 Å². The summed E-state index contributed by atoms with van der Waals surface area (Å²) in [6, 6.07) is 9.24. The molecule has 0 spiro atoms. The van der Waals surface area contributed by atoms with Crippen molar-refractivity contribution in [2.24, 2.45) is 5.92 Å². The molecule has 2 aromatic rings. The molecule has 1 atom stereocenters. The Balaban J connectivity index is 1.66. The van der Waals surface area contributed by atoms with Gasteiger partial charge in [-0.1, -0.05) is 0 Å². The molecule has 3 rings (SSSR count). The van der Waals surface area contributed by atoms with E-state index in [0.717, 1.165) is 5.69 Å². The van der Waals surface area contributed by atoms with Crippen molar-refractivity contribution in [2.75, 3.05) is 11.9 Å². The first-order valence-corrected chi connectivity index (χ1v) is 6.40. The number of nitrogens with one attached hydrogen (secondary N) is 2. The van der Waals surface area contributed by atoms with Gasteiger partial charge in [-0.15, -0.1) is 0 Å². The fraction of sp³-hybridized carbons (Fsp3) is 0.214. The number of aromatic nitrogens is 2. The van der Waals surface area contributed by atoms with Crippen molar-refractivity contribution < 1.29 is 9.59 Å². The van der Waals surface area contributed by atoms with Gasteiger partial charge in [0, 0.05) is 31.0 Å². The minimum atomic E-state index is -0.284. The third-order valence-electron chi connectivity index (χ3n) is 3.25. The van der Waals surface area contributed by atoms with Crippen LogP contribution in [-0.4, -0.2) is 28.1 Å². The van der Waals surface area contributed by atoms with Crippen LogP contribution in [0.25, 0.3) is 5.69 Å². The van der Waals surface area contributed by atoms with Gasteiger partial charge in [-0.3, -0.25) is 9.59 Å². The Labute approximate surface area is 115 Å². The van der Waals surface area contributed by atoms with Crippen LogP contribution in [0.1, 0.15) is 6.42 Å². The summed E-state index contributed by atoms with van der Waals surface area (Å²) >= 11 is 0. The van der Waals surface area contributed by atoms with Crippen LogP contribution in [-0.2, 0) is 9.59 Å². The van der Waals surface area contributed by atoms with Crippen LogP contribution in [0.5, 0.6) is 0 Å². The van der Waals surface area contributed by atoms with Crippen LogP contribution in [0.3, 0.4) is 0 Å². The molecule has 1 aliphatic rings. The molecule has 1 fully saturated rings. The highest BCUT2D eigenvalue weighted by molar-refractivity contribution is 5.97. The van der Waals surface area contributed by atoms with Gasteiger partial charge >= 0.3 is 0 Å². The zero-order valence-electron chi connectivity index (χ0n) is 10.7. The van der Waals surface area contributed by atoms with Gasteiger partial charge in [0.15, 0.2) is 0 Å².